The molecule has 12 nitrogen and oxygen atoms in total. The van der Waals surface area contributed by atoms with Crippen LogP contribution in [0.2, 0.25) is 0 Å². The van der Waals surface area contributed by atoms with E-state index in [1.807, 2.05) is 0 Å². The predicted molar refractivity (Wildman–Crippen MR) is 583 cm³/mol. The molecule has 141 heavy (non-hydrogen) atoms. The Kier molecular flexibility index (Phi) is 18.0. The summed E-state index contributed by atoms with van der Waals surface area (Å²) in [6, 6.07) is 174. The van der Waals surface area contributed by atoms with Crippen molar-refractivity contribution in [2.45, 2.75) is 0 Å². The fourth-order valence-electron chi connectivity index (χ4n) is 23.4. The molecule has 30 rings (SSSR count). The van der Waals surface area contributed by atoms with Crippen LogP contribution in [0.3, 0.4) is 0 Å². The van der Waals surface area contributed by atoms with Crippen molar-refractivity contribution in [2.75, 3.05) is 0 Å². The van der Waals surface area contributed by atoms with Gasteiger partial charge >= 0.3 is 0 Å². The Balaban J connectivity index is 0.000000104. The molecule has 0 saturated heterocycles. The van der Waals surface area contributed by atoms with Gasteiger partial charge in [0.1, 0.15) is 23.8 Å². The standard InChI is InChI=1S/3C43H26N4/c44-27-28-26-35-34-20-8-9-21-36(34)45(29-14-2-1-3-15-29)42(35)43(47-39-24-12-6-18-32(39)33-19-7-13-25-40(33)47)41(28)46-37-22-10-4-16-30(37)31-17-5-11-23-38(31)46;44-27-28-26-40(46-35-21-9-4-16-30(35)31-17-5-10-22-36(31)46)43-41(34-20-8-13-25-39(34)45(43)29-14-2-1-3-15-29)42(28)47-37-23-11-6-18-32(37)33-19-7-12-24-38(33)47;44-27-34-40(46-35-21-9-4-16-29(35)30-17-5-10-22-36(30)46)26-41-42(33-20-8-13-25-39(33)45(41)28-14-2-1-3-15-28)43(34)47-37-23-11-6-18-31(37)32-19-7-12-24-38(32)47/h3*1-26H. The largest absolute Gasteiger partial charge is 0.309 e. The van der Waals surface area contributed by atoms with Gasteiger partial charge in [-0.3, -0.25) is 0 Å². The lowest BCUT2D eigenvalue weighted by atomic mass is 10.0. The normalized spacial score (nSPS) is 11.8. The number of aromatic nitrogens is 9. The van der Waals surface area contributed by atoms with Crippen molar-refractivity contribution in [3.05, 3.63) is 490 Å². The zero-order valence-electron chi connectivity index (χ0n) is 75.9. The molecule has 0 atom stereocenters. The SMILES string of the molecule is N#Cc1c(-n2c3ccccc3c3ccccc32)cc2c(c1-n1c3ccccc3c3ccccc31)c1ccccc1n2-c1ccccc1.N#Cc1cc(-n2c3ccccc3c3ccccc32)c2c(c1-n1c3ccccc3c3ccccc31)c1ccccc1n2-c1ccccc1.N#Cc1cc2c3ccccc3n(-c3ccccc3)c2c(-n2c3ccccc3c3ccccc32)c1-n1c2ccccc2c2ccccc21. The monoisotopic (exact) mass is 1790 g/mol. The Morgan fingerprint density at radius 2 is 0.369 bits per heavy atom. The third-order valence-corrected chi connectivity index (χ3v) is 29.0. The average molecular weight is 1800 g/mol. The second-order valence-electron chi connectivity index (χ2n) is 36.2. The number of rotatable bonds is 9. The fourth-order valence-corrected chi connectivity index (χ4v) is 23.4. The van der Waals surface area contributed by atoms with Gasteiger partial charge in [-0.1, -0.05) is 328 Å². The van der Waals surface area contributed by atoms with Gasteiger partial charge in [0.05, 0.1) is 145 Å². The molecular weight excluding hydrogens is 1720 g/mol. The second-order valence-corrected chi connectivity index (χ2v) is 36.2. The number of hydrogen-bond donors (Lipinski definition) is 0. The minimum absolute atomic E-state index is 0.622. The Morgan fingerprint density at radius 3 is 0.695 bits per heavy atom. The Hall–Kier alpha value is -19.7. The van der Waals surface area contributed by atoms with E-state index >= 15 is 0 Å². The number of nitriles is 3. The summed E-state index contributed by atoms with van der Waals surface area (Å²) in [7, 11) is 0. The summed E-state index contributed by atoms with van der Waals surface area (Å²) in [5.41, 5.74) is 29.9. The van der Waals surface area contributed by atoms with Crippen LogP contribution in [0.15, 0.2) is 473 Å². The van der Waals surface area contributed by atoms with Crippen LogP contribution in [-0.2, 0) is 0 Å². The first-order chi connectivity index (χ1) is 70.0. The molecule has 0 aliphatic heterocycles. The van der Waals surface area contributed by atoms with E-state index in [1.165, 1.54) is 32.3 Å². The van der Waals surface area contributed by atoms with E-state index < -0.39 is 0 Å². The van der Waals surface area contributed by atoms with Crippen LogP contribution in [0.5, 0.6) is 0 Å². The van der Waals surface area contributed by atoms with Crippen LogP contribution in [0.1, 0.15) is 16.7 Å². The lowest BCUT2D eigenvalue weighted by Gasteiger charge is -2.21. The molecule has 9 heterocycles. The third-order valence-electron chi connectivity index (χ3n) is 29.0. The Morgan fingerprint density at radius 1 is 0.142 bits per heavy atom. The van der Waals surface area contributed by atoms with Crippen LogP contribution in [0, 0.1) is 34.0 Å². The van der Waals surface area contributed by atoms with Gasteiger partial charge in [0.2, 0.25) is 0 Å². The molecule has 654 valence electrons. The lowest BCUT2D eigenvalue weighted by molar-refractivity contribution is 1.08. The van der Waals surface area contributed by atoms with Gasteiger partial charge < -0.3 is 41.1 Å². The summed E-state index contributed by atoms with van der Waals surface area (Å²) in [5.74, 6) is 0. The molecule has 12 heteroatoms. The fraction of sp³-hybridized carbons (Fsp3) is 0. The van der Waals surface area contributed by atoms with Gasteiger partial charge in [-0.2, -0.15) is 15.8 Å². The number of para-hydroxylation sites is 18. The smallest absolute Gasteiger partial charge is 0.104 e. The van der Waals surface area contributed by atoms with Crippen molar-refractivity contribution in [2.24, 2.45) is 0 Å². The number of fused-ring (bicyclic) bond motifs is 27. The molecule has 0 spiro atoms. The first-order valence-electron chi connectivity index (χ1n) is 47.6. The second kappa shape index (κ2) is 31.7. The van der Waals surface area contributed by atoms with Crippen LogP contribution < -0.4 is 0 Å². The first kappa shape index (κ1) is 79.8. The van der Waals surface area contributed by atoms with E-state index in [1.54, 1.807) is 0 Å². The number of benzene rings is 21. The highest BCUT2D eigenvalue weighted by Crippen LogP contribution is 2.52. The van der Waals surface area contributed by atoms with Crippen molar-refractivity contribution < 1.29 is 0 Å². The van der Waals surface area contributed by atoms with Crippen molar-refractivity contribution >= 4 is 196 Å². The maximum absolute atomic E-state index is 11.4. The van der Waals surface area contributed by atoms with Crippen LogP contribution in [0.4, 0.5) is 0 Å². The van der Waals surface area contributed by atoms with E-state index in [2.05, 4.69) is 532 Å². The molecule has 0 unspecified atom stereocenters. The highest BCUT2D eigenvalue weighted by molar-refractivity contribution is 6.25. The zero-order chi connectivity index (χ0) is 93.2. The molecule has 0 bridgehead atoms. The van der Waals surface area contributed by atoms with Gasteiger partial charge in [0.25, 0.3) is 0 Å². The summed E-state index contributed by atoms with van der Waals surface area (Å²) >= 11 is 0. The highest BCUT2D eigenvalue weighted by atomic mass is 15.1. The van der Waals surface area contributed by atoms with E-state index in [4.69, 9.17) is 0 Å². The van der Waals surface area contributed by atoms with E-state index in [9.17, 15) is 15.8 Å². The van der Waals surface area contributed by atoms with Crippen LogP contribution in [0.25, 0.3) is 247 Å². The molecule has 0 fully saturated rings. The summed E-state index contributed by atoms with van der Waals surface area (Å²) in [4.78, 5) is 0. The minimum atomic E-state index is 0.622. The lowest BCUT2D eigenvalue weighted by Crippen LogP contribution is -2.09. The van der Waals surface area contributed by atoms with Gasteiger partial charge in [-0.05, 0) is 146 Å². The van der Waals surface area contributed by atoms with Crippen molar-refractivity contribution in [1.82, 2.24) is 41.1 Å². The topological polar surface area (TPSA) is 116 Å². The maximum Gasteiger partial charge on any atom is 0.104 e. The van der Waals surface area contributed by atoms with Gasteiger partial charge in [0, 0.05) is 114 Å². The number of nitrogens with zero attached hydrogens (tertiary/aromatic N) is 12. The highest BCUT2D eigenvalue weighted by Gasteiger charge is 2.33. The number of hydrogen-bond acceptors (Lipinski definition) is 3. The van der Waals surface area contributed by atoms with E-state index in [0.29, 0.717) is 16.7 Å². The molecule has 0 amide bonds. The molecular formula is C129H78N12. The minimum Gasteiger partial charge on any atom is -0.309 e. The summed E-state index contributed by atoms with van der Waals surface area (Å²) < 4.78 is 21.1. The van der Waals surface area contributed by atoms with Gasteiger partial charge in [-0.15, -0.1) is 0 Å². The van der Waals surface area contributed by atoms with Crippen molar-refractivity contribution in [1.29, 1.82) is 15.8 Å². The predicted octanol–water partition coefficient (Wildman–Crippen LogP) is 32.5. The molecule has 0 aliphatic carbocycles. The first-order valence-corrected chi connectivity index (χ1v) is 47.6. The van der Waals surface area contributed by atoms with E-state index in [0.717, 1.165) is 215 Å². The van der Waals surface area contributed by atoms with Crippen LogP contribution >= 0.6 is 0 Å². The molecule has 0 radical (unpaired) electrons. The Bertz CT molecular complexity index is 10300. The molecule has 0 aliphatic rings. The van der Waals surface area contributed by atoms with Gasteiger partial charge in [0.15, 0.2) is 0 Å². The molecule has 9 aromatic heterocycles. The summed E-state index contributed by atoms with van der Waals surface area (Å²) in [6.45, 7) is 0. The van der Waals surface area contributed by atoms with Crippen molar-refractivity contribution in [3.8, 4) is 69.4 Å². The van der Waals surface area contributed by atoms with Gasteiger partial charge in [-0.25, -0.2) is 0 Å². The zero-order valence-corrected chi connectivity index (χ0v) is 75.9. The molecule has 21 aromatic carbocycles. The summed E-state index contributed by atoms with van der Waals surface area (Å²) in [6.07, 6.45) is 0. The van der Waals surface area contributed by atoms with Crippen molar-refractivity contribution in [3.63, 3.8) is 0 Å². The third kappa shape index (κ3) is 11.7. The quantitative estimate of drug-likeness (QED) is 0.143. The van der Waals surface area contributed by atoms with E-state index in [-0.39, 0.29) is 0 Å². The molecule has 30 aromatic rings. The summed E-state index contributed by atoms with van der Waals surface area (Å²) in [5, 5.41) is 54.0. The molecule has 0 N–H and O–H groups in total. The molecule has 0 saturated carbocycles. The van der Waals surface area contributed by atoms with Crippen LogP contribution in [-0.4, -0.2) is 41.1 Å². The Labute approximate surface area is 806 Å². The maximum atomic E-state index is 11.4. The average Bonchev–Trinajstić information content (AvgIpc) is 1.55.